The zero-order valence-corrected chi connectivity index (χ0v) is 43.0. The quantitative estimate of drug-likeness (QED) is 0.0237. The first kappa shape index (κ1) is 57.3. The molecule has 0 radical (unpaired) electrons. The van der Waals surface area contributed by atoms with Crippen LogP contribution in [-0.4, -0.2) is 91.2 Å². The van der Waals surface area contributed by atoms with E-state index >= 15 is 0 Å². The molecule has 0 spiro atoms. The molecule has 0 bridgehead atoms. The maximum atomic E-state index is 10.3. The van der Waals surface area contributed by atoms with Crippen molar-refractivity contribution < 1.29 is 55.0 Å². The summed E-state index contributed by atoms with van der Waals surface area (Å²) in [5.74, 6) is 4.30. The lowest BCUT2D eigenvalue weighted by Crippen LogP contribution is -2.49. The number of carbonyl (C=O) groups excluding carboxylic acids is 1. The van der Waals surface area contributed by atoms with Crippen molar-refractivity contribution in [2.75, 3.05) is 20.4 Å². The second-order valence-electron chi connectivity index (χ2n) is 19.4. The van der Waals surface area contributed by atoms with Crippen molar-refractivity contribution in [2.24, 2.45) is 11.5 Å². The molecule has 6 atom stereocenters. The van der Waals surface area contributed by atoms with E-state index in [9.17, 15) is 25.2 Å². The number of rotatable bonds is 13. The maximum absolute atomic E-state index is 10.3. The fraction of sp³-hybridized carbons (Fsp3) is 0.448. The third-order valence-electron chi connectivity index (χ3n) is 14.2. The first-order chi connectivity index (χ1) is 37.0. The summed E-state index contributed by atoms with van der Waals surface area (Å²) in [7, 11) is 1.67. The summed E-state index contributed by atoms with van der Waals surface area (Å²) in [5, 5.41) is 52.6. The summed E-state index contributed by atoms with van der Waals surface area (Å²) in [5.41, 5.74) is 16.2. The second kappa shape index (κ2) is 30.4. The molecule has 0 aromatic heterocycles. The van der Waals surface area contributed by atoms with Crippen molar-refractivity contribution in [1.82, 2.24) is 21.3 Å². The lowest BCUT2D eigenvalue weighted by molar-refractivity contribution is 0.112. The molecule has 0 amide bonds. The molecule has 11 rings (SSSR count). The van der Waals surface area contributed by atoms with Gasteiger partial charge in [0.1, 0.15) is 6.29 Å². The average molecular weight is 1050 g/mol. The van der Waals surface area contributed by atoms with Crippen molar-refractivity contribution in [3.63, 3.8) is 0 Å². The van der Waals surface area contributed by atoms with Gasteiger partial charge in [-0.3, -0.25) is 4.79 Å². The molecular formula is C58H80BN6O11-. The van der Waals surface area contributed by atoms with Crippen LogP contribution < -0.4 is 61.2 Å². The molecule has 6 aliphatic rings. The van der Waals surface area contributed by atoms with Crippen molar-refractivity contribution >= 4 is 14.1 Å². The Bertz CT molecular complexity index is 2460. The van der Waals surface area contributed by atoms with Crippen LogP contribution in [0.3, 0.4) is 0 Å². The first-order valence-electron chi connectivity index (χ1n) is 26.8. The number of aldehydes is 1. The van der Waals surface area contributed by atoms with Gasteiger partial charge in [-0.2, -0.15) is 0 Å². The van der Waals surface area contributed by atoms with Crippen LogP contribution in [0.25, 0.3) is 0 Å². The van der Waals surface area contributed by atoms with Gasteiger partial charge in [-0.05, 0) is 128 Å². The molecule has 3 aliphatic carbocycles. The zero-order chi connectivity index (χ0) is 53.7. The number of fused-ring (bicyclic) bond motifs is 3. The molecule has 5 aromatic rings. The molecular weight excluding hydrogens is 969 g/mol. The van der Waals surface area contributed by atoms with E-state index in [0.717, 1.165) is 79.2 Å². The summed E-state index contributed by atoms with van der Waals surface area (Å²) in [4.78, 5) is 10.3. The number of phenolic OH excluding ortho intramolecular Hbond substituents is 4. The Labute approximate surface area is 450 Å². The highest BCUT2D eigenvalue weighted by Gasteiger charge is 2.26. The van der Waals surface area contributed by atoms with Gasteiger partial charge in [-0.1, -0.05) is 78.1 Å². The van der Waals surface area contributed by atoms with E-state index in [4.69, 9.17) is 41.3 Å². The highest BCUT2D eigenvalue weighted by atomic mass is 16.7. The summed E-state index contributed by atoms with van der Waals surface area (Å²) >= 11 is 0. The van der Waals surface area contributed by atoms with Crippen molar-refractivity contribution in [3.05, 3.63) is 126 Å². The molecule has 12 N–H and O–H groups in total. The smallest absolute Gasteiger partial charge is 0.231 e. The molecule has 3 aliphatic heterocycles. The van der Waals surface area contributed by atoms with Gasteiger partial charge in [0.15, 0.2) is 57.5 Å². The van der Waals surface area contributed by atoms with Gasteiger partial charge in [-0.25, -0.2) is 1.37 Å². The van der Waals surface area contributed by atoms with Crippen LogP contribution in [0.1, 0.15) is 118 Å². The van der Waals surface area contributed by atoms with Crippen LogP contribution in [0, 0.1) is 6.80 Å². The van der Waals surface area contributed by atoms with E-state index in [-0.39, 0.29) is 49.3 Å². The maximum Gasteiger partial charge on any atom is 0.231 e. The Hall–Kier alpha value is -6.41. The number of benzene rings is 5. The summed E-state index contributed by atoms with van der Waals surface area (Å²) in [6, 6.07) is 29.3. The molecule has 3 saturated carbocycles. The molecule has 0 saturated heterocycles. The van der Waals surface area contributed by atoms with Gasteiger partial charge in [-0.15, -0.1) is 0 Å². The van der Waals surface area contributed by atoms with Gasteiger partial charge in [0, 0.05) is 68.0 Å². The molecule has 3 heterocycles. The third kappa shape index (κ3) is 17.3. The molecule has 5 aromatic carbocycles. The van der Waals surface area contributed by atoms with Crippen LogP contribution in [0.5, 0.6) is 57.5 Å². The van der Waals surface area contributed by atoms with Gasteiger partial charge in [0.25, 0.3) is 0 Å². The molecule has 18 heteroatoms. The number of hydrogen-bond acceptors (Lipinski definition) is 17. The monoisotopic (exact) mass is 1050 g/mol. The van der Waals surface area contributed by atoms with Crippen LogP contribution in [0.4, 0.5) is 0 Å². The molecule has 3 fully saturated rings. The predicted molar refractivity (Wildman–Crippen MR) is 297 cm³/mol. The summed E-state index contributed by atoms with van der Waals surface area (Å²) < 4.78 is 38.0. The highest BCUT2D eigenvalue weighted by Crippen LogP contribution is 2.35. The van der Waals surface area contributed by atoms with Crippen molar-refractivity contribution in [2.45, 2.75) is 147 Å². The number of nitrogens with two attached hydrogens (primary N) is 2. The first-order valence-corrected chi connectivity index (χ1v) is 26.2. The minimum absolute atomic E-state index is 0. The fourth-order valence-electron chi connectivity index (χ4n) is 9.87. The second-order valence-corrected chi connectivity index (χ2v) is 19.4. The summed E-state index contributed by atoms with van der Waals surface area (Å²) in [6.45, 7) is 5.05. The Morgan fingerprint density at radius 1 is 0.474 bits per heavy atom. The molecule has 412 valence electrons. The highest BCUT2D eigenvalue weighted by molar-refractivity contribution is 6.10. The Morgan fingerprint density at radius 2 is 0.776 bits per heavy atom. The number of hydrogen-bond donors (Lipinski definition) is 10. The zero-order valence-electron chi connectivity index (χ0n) is 44.0. The lowest BCUT2D eigenvalue weighted by Gasteiger charge is -2.33. The van der Waals surface area contributed by atoms with Crippen LogP contribution in [0.2, 0.25) is 0 Å². The third-order valence-corrected chi connectivity index (χ3v) is 14.2. The Balaban J connectivity index is 0.000000179. The predicted octanol–water partition coefficient (Wildman–Crippen LogP) is 7.52. The number of aromatic hydroxyl groups is 4. The van der Waals surface area contributed by atoms with Crippen LogP contribution in [-0.2, 0) is 26.2 Å². The number of carbonyl (C=O) groups is 1. The van der Waals surface area contributed by atoms with Crippen LogP contribution >= 0.6 is 0 Å². The standard InChI is InChI=1S/C22H26N2O4.C20H26N2O4.C8H6O3.C6H14N2.CH4B.CH4/c1-2-4-18(24-12-16-6-8-20-22(10-16)28-14-26-20)17(3-1)23-11-15-5-7-19-21(9-15)27-13-25-19;23-17-7-5-13(9-19(17)25)11-21-15-3-1-2-4-16(15)22-12-14-6-8-18(24)20(26)10-14;9-4-6-1-2-7-8(3-6)11-5-10-7;7-5-3-1-2-4-6(5)8;1-2;/h5-10,17-18,23-24H,1-4,11-14H2;5-10,15-16,21-26H,1-4,11-12H2;1-4H,5H2;5-6H,1-4,7-8H2;1-2H2;1H4/q;;;;-1;/t17-,18+;15-,16+;;5-,6+;;/i;;;;1D,2+1;. The number of phenols is 4. The Kier molecular flexibility index (Phi) is 22.9. The number of ether oxygens (including phenoxy) is 6. The fourth-order valence-corrected chi connectivity index (χ4v) is 9.87. The van der Waals surface area contributed by atoms with Crippen molar-refractivity contribution in [1.29, 1.82) is 0 Å². The van der Waals surface area contributed by atoms with E-state index in [1.54, 1.807) is 50.3 Å². The van der Waals surface area contributed by atoms with Crippen LogP contribution in [0.15, 0.2) is 91.0 Å². The number of nitrogens with one attached hydrogen (secondary N) is 4. The lowest BCUT2D eigenvalue weighted by atomic mass is 9.90. The topological polar surface area (TPSA) is 254 Å². The SMILES string of the molecule is C.N[C@@H]1CCCC[C@@H]1N.O=Cc1ccc2c(c1)OCO2.Oc1ccc(CN[C@H]2CCCC[C@H]2NCc2ccc(O)c(O)c2)cc1O.[2H][CH-][12BH2].c1cc2c(cc1CN[C@H]1CCCC[C@H]1NCc1ccc3c(c1)OCO3)OCO2. The van der Waals surface area contributed by atoms with Gasteiger partial charge >= 0.3 is 0 Å². The average Bonchev–Trinajstić information content (AvgIpc) is 4.24. The van der Waals surface area contributed by atoms with Gasteiger partial charge < -0.3 is 88.4 Å². The van der Waals surface area contributed by atoms with E-state index in [1.807, 2.05) is 12.1 Å². The molecule has 17 nitrogen and oxygen atoms in total. The van der Waals surface area contributed by atoms with E-state index in [2.05, 4.69) is 45.5 Å². The minimum atomic E-state index is -0.108. The normalized spacial score (nSPS) is 21.5. The van der Waals surface area contributed by atoms with Crippen molar-refractivity contribution in [3.8, 4) is 57.5 Å². The molecule has 76 heavy (non-hydrogen) atoms. The van der Waals surface area contributed by atoms with E-state index < -0.39 is 0 Å². The van der Waals surface area contributed by atoms with E-state index in [0.29, 0.717) is 67.9 Å². The largest absolute Gasteiger partial charge is 0.504 e. The van der Waals surface area contributed by atoms with E-state index in [1.165, 1.54) is 81.4 Å². The van der Waals surface area contributed by atoms with Gasteiger partial charge in [0.2, 0.25) is 20.4 Å². The minimum Gasteiger partial charge on any atom is -0.504 e. The molecule has 0 unspecified atom stereocenters. The Morgan fingerprint density at radius 3 is 1.12 bits per heavy atom. The van der Waals surface area contributed by atoms with Gasteiger partial charge in [0.05, 0.1) is 0 Å². The summed E-state index contributed by atoms with van der Waals surface area (Å²) in [6.07, 6.45) is 15.0.